The largest absolute Gasteiger partial charge is 0.496 e. The third-order valence-corrected chi connectivity index (χ3v) is 2.60. The van der Waals surface area contributed by atoms with Gasteiger partial charge in [-0.2, -0.15) is 10.4 Å². The first-order chi connectivity index (χ1) is 8.72. The molecule has 1 aromatic heterocycles. The van der Waals surface area contributed by atoms with Crippen LogP contribution in [0.4, 0.5) is 5.69 Å². The molecule has 92 valence electrons. The summed E-state index contributed by atoms with van der Waals surface area (Å²) in [5.41, 5.74) is 2.50. The van der Waals surface area contributed by atoms with E-state index in [9.17, 15) is 0 Å². The van der Waals surface area contributed by atoms with E-state index in [0.29, 0.717) is 12.1 Å². The molecule has 2 rings (SSSR count). The van der Waals surface area contributed by atoms with Crippen molar-refractivity contribution in [1.29, 1.82) is 5.26 Å². The number of aryl methyl sites for hydroxylation is 1. The van der Waals surface area contributed by atoms with Crippen LogP contribution in [0.2, 0.25) is 0 Å². The number of anilines is 1. The summed E-state index contributed by atoms with van der Waals surface area (Å²) in [6, 6.07) is 7.49. The fourth-order valence-electron chi connectivity index (χ4n) is 1.70. The Morgan fingerprint density at radius 1 is 1.50 bits per heavy atom. The van der Waals surface area contributed by atoms with E-state index in [0.717, 1.165) is 17.0 Å². The van der Waals surface area contributed by atoms with Crippen LogP contribution in [-0.4, -0.2) is 16.9 Å². The molecule has 0 aliphatic carbocycles. The van der Waals surface area contributed by atoms with E-state index in [1.165, 1.54) is 0 Å². The van der Waals surface area contributed by atoms with Crippen LogP contribution >= 0.6 is 0 Å². The maximum absolute atomic E-state index is 8.89. The SMILES string of the molecule is COc1ccc(C#N)cc1CNc1cnn(C)c1. The van der Waals surface area contributed by atoms with Crippen molar-refractivity contribution < 1.29 is 4.74 Å². The zero-order chi connectivity index (χ0) is 13.0. The van der Waals surface area contributed by atoms with Gasteiger partial charge >= 0.3 is 0 Å². The van der Waals surface area contributed by atoms with Crippen LogP contribution in [0.1, 0.15) is 11.1 Å². The molecule has 5 nitrogen and oxygen atoms in total. The molecule has 1 heterocycles. The number of rotatable bonds is 4. The molecule has 0 atom stereocenters. The van der Waals surface area contributed by atoms with Gasteiger partial charge in [0, 0.05) is 25.4 Å². The van der Waals surface area contributed by atoms with E-state index >= 15 is 0 Å². The highest BCUT2D eigenvalue weighted by molar-refractivity contribution is 5.45. The molecular formula is C13H14N4O. The minimum Gasteiger partial charge on any atom is -0.496 e. The average Bonchev–Trinajstić information content (AvgIpc) is 2.81. The van der Waals surface area contributed by atoms with E-state index in [1.54, 1.807) is 30.1 Å². The van der Waals surface area contributed by atoms with Gasteiger partial charge in [-0.1, -0.05) is 0 Å². The van der Waals surface area contributed by atoms with Crippen LogP contribution in [0.15, 0.2) is 30.6 Å². The zero-order valence-corrected chi connectivity index (χ0v) is 10.3. The van der Waals surface area contributed by atoms with Crippen molar-refractivity contribution in [2.75, 3.05) is 12.4 Å². The highest BCUT2D eigenvalue weighted by Crippen LogP contribution is 2.20. The molecule has 18 heavy (non-hydrogen) atoms. The molecule has 0 fully saturated rings. The third kappa shape index (κ3) is 2.61. The summed E-state index contributed by atoms with van der Waals surface area (Å²) < 4.78 is 7.00. The van der Waals surface area contributed by atoms with Crippen LogP contribution in [-0.2, 0) is 13.6 Å². The highest BCUT2D eigenvalue weighted by atomic mass is 16.5. The van der Waals surface area contributed by atoms with Crippen LogP contribution in [0.25, 0.3) is 0 Å². The number of ether oxygens (including phenoxy) is 1. The van der Waals surface area contributed by atoms with Crippen LogP contribution in [0, 0.1) is 11.3 Å². The van der Waals surface area contributed by atoms with Crippen LogP contribution in [0.5, 0.6) is 5.75 Å². The summed E-state index contributed by atoms with van der Waals surface area (Å²) in [5, 5.41) is 16.2. The van der Waals surface area contributed by atoms with Gasteiger partial charge in [0.05, 0.1) is 30.6 Å². The van der Waals surface area contributed by atoms with Gasteiger partial charge in [-0.25, -0.2) is 0 Å². The van der Waals surface area contributed by atoms with Crippen molar-refractivity contribution in [3.05, 3.63) is 41.7 Å². The molecule has 0 saturated carbocycles. The first kappa shape index (κ1) is 12.0. The molecule has 2 aromatic rings. The second-order valence-corrected chi connectivity index (χ2v) is 3.89. The normalized spacial score (nSPS) is 9.83. The standard InChI is InChI=1S/C13H14N4O/c1-17-9-12(8-16-17)15-7-11-5-10(6-14)3-4-13(11)18-2/h3-5,8-9,15H,7H2,1-2H3. The molecule has 0 amide bonds. The van der Waals surface area contributed by atoms with Gasteiger partial charge in [0.2, 0.25) is 0 Å². The highest BCUT2D eigenvalue weighted by Gasteiger charge is 2.05. The number of nitrogens with zero attached hydrogens (tertiary/aromatic N) is 3. The van der Waals surface area contributed by atoms with Crippen LogP contribution in [0.3, 0.4) is 0 Å². The summed E-state index contributed by atoms with van der Waals surface area (Å²) >= 11 is 0. The Kier molecular flexibility index (Phi) is 3.49. The summed E-state index contributed by atoms with van der Waals surface area (Å²) in [6.07, 6.45) is 3.64. The summed E-state index contributed by atoms with van der Waals surface area (Å²) in [5.74, 6) is 0.769. The fourth-order valence-corrected chi connectivity index (χ4v) is 1.70. The Balaban J connectivity index is 2.15. The first-order valence-corrected chi connectivity index (χ1v) is 5.52. The van der Waals surface area contributed by atoms with Gasteiger partial charge < -0.3 is 10.1 Å². The summed E-state index contributed by atoms with van der Waals surface area (Å²) in [4.78, 5) is 0. The molecule has 1 N–H and O–H groups in total. The Labute approximate surface area is 106 Å². The number of nitrogens with one attached hydrogen (secondary N) is 1. The molecule has 0 aliphatic rings. The maximum atomic E-state index is 8.89. The van der Waals surface area contributed by atoms with Gasteiger partial charge in [-0.3, -0.25) is 4.68 Å². The van der Waals surface area contributed by atoms with Crippen molar-refractivity contribution in [2.45, 2.75) is 6.54 Å². The Morgan fingerprint density at radius 3 is 2.94 bits per heavy atom. The molecule has 0 bridgehead atoms. The summed E-state index contributed by atoms with van der Waals surface area (Å²) in [7, 11) is 3.48. The second kappa shape index (κ2) is 5.23. The van der Waals surface area contributed by atoms with Crippen LogP contribution < -0.4 is 10.1 Å². The Hall–Kier alpha value is -2.48. The molecule has 0 spiro atoms. The van der Waals surface area contributed by atoms with E-state index in [4.69, 9.17) is 10.00 Å². The minimum atomic E-state index is 0.588. The van der Waals surface area contributed by atoms with Gasteiger partial charge in [0.25, 0.3) is 0 Å². The Morgan fingerprint density at radius 2 is 2.33 bits per heavy atom. The molecule has 0 aliphatic heterocycles. The molecule has 5 heteroatoms. The van der Waals surface area contributed by atoms with Gasteiger partial charge in [0.15, 0.2) is 0 Å². The van der Waals surface area contributed by atoms with Gasteiger partial charge in [-0.05, 0) is 18.2 Å². The lowest BCUT2D eigenvalue weighted by Gasteiger charge is -2.09. The lowest BCUT2D eigenvalue weighted by atomic mass is 10.1. The van der Waals surface area contributed by atoms with Crippen molar-refractivity contribution in [1.82, 2.24) is 9.78 Å². The topological polar surface area (TPSA) is 62.9 Å². The van der Waals surface area contributed by atoms with E-state index in [2.05, 4.69) is 16.5 Å². The van der Waals surface area contributed by atoms with Crippen molar-refractivity contribution >= 4 is 5.69 Å². The molecule has 1 aromatic carbocycles. The van der Waals surface area contributed by atoms with Crippen molar-refractivity contribution in [3.8, 4) is 11.8 Å². The zero-order valence-electron chi connectivity index (χ0n) is 10.3. The van der Waals surface area contributed by atoms with Gasteiger partial charge in [0.1, 0.15) is 5.75 Å². The predicted octanol–water partition coefficient (Wildman–Crippen LogP) is 1.91. The number of hydrogen-bond acceptors (Lipinski definition) is 4. The lowest BCUT2D eigenvalue weighted by Crippen LogP contribution is -2.01. The fraction of sp³-hybridized carbons (Fsp3) is 0.231. The molecule has 0 unspecified atom stereocenters. The van der Waals surface area contributed by atoms with E-state index < -0.39 is 0 Å². The Bertz CT molecular complexity index is 583. The number of methoxy groups -OCH3 is 1. The number of hydrogen-bond donors (Lipinski definition) is 1. The molecular weight excluding hydrogens is 228 g/mol. The number of nitriles is 1. The second-order valence-electron chi connectivity index (χ2n) is 3.89. The van der Waals surface area contributed by atoms with E-state index in [1.807, 2.05) is 19.3 Å². The molecule has 0 radical (unpaired) electrons. The lowest BCUT2D eigenvalue weighted by molar-refractivity contribution is 0.410. The van der Waals surface area contributed by atoms with Crippen molar-refractivity contribution in [2.24, 2.45) is 7.05 Å². The quantitative estimate of drug-likeness (QED) is 0.889. The monoisotopic (exact) mass is 242 g/mol. The predicted molar refractivity (Wildman–Crippen MR) is 68.2 cm³/mol. The average molecular weight is 242 g/mol. The maximum Gasteiger partial charge on any atom is 0.123 e. The number of aromatic nitrogens is 2. The van der Waals surface area contributed by atoms with Gasteiger partial charge in [-0.15, -0.1) is 0 Å². The number of benzene rings is 1. The van der Waals surface area contributed by atoms with Crippen molar-refractivity contribution in [3.63, 3.8) is 0 Å². The third-order valence-electron chi connectivity index (χ3n) is 2.60. The van der Waals surface area contributed by atoms with E-state index in [-0.39, 0.29) is 0 Å². The summed E-state index contributed by atoms with van der Waals surface area (Å²) in [6.45, 7) is 0.588. The smallest absolute Gasteiger partial charge is 0.123 e. The first-order valence-electron chi connectivity index (χ1n) is 5.52. The minimum absolute atomic E-state index is 0.588. The molecule has 0 saturated heterocycles.